The van der Waals surface area contributed by atoms with Crippen LogP contribution < -0.4 is 5.32 Å². The smallest absolute Gasteiger partial charge is 0.273 e. The van der Waals surface area contributed by atoms with Crippen molar-refractivity contribution in [1.82, 2.24) is 9.88 Å². The zero-order valence-electron chi connectivity index (χ0n) is 14.7. The molecule has 1 spiro atoms. The fourth-order valence-electron chi connectivity index (χ4n) is 3.30. The first kappa shape index (κ1) is 18.9. The van der Waals surface area contributed by atoms with Gasteiger partial charge in [-0.25, -0.2) is 13.8 Å². The molecule has 0 bridgehead atoms. The molecule has 0 saturated carbocycles. The van der Waals surface area contributed by atoms with Crippen molar-refractivity contribution >= 4 is 28.3 Å². The van der Waals surface area contributed by atoms with E-state index in [1.165, 1.54) is 11.4 Å². The third kappa shape index (κ3) is 3.62. The second-order valence-corrected chi connectivity index (χ2v) is 7.35. The van der Waals surface area contributed by atoms with Gasteiger partial charge in [-0.1, -0.05) is 6.07 Å². The van der Waals surface area contributed by atoms with E-state index in [0.29, 0.717) is 39.1 Å². The van der Waals surface area contributed by atoms with Gasteiger partial charge in [-0.2, -0.15) is 0 Å². The van der Waals surface area contributed by atoms with Crippen LogP contribution in [0.3, 0.4) is 0 Å². The number of rotatable bonds is 3. The van der Waals surface area contributed by atoms with Crippen LogP contribution in [0.2, 0.25) is 0 Å². The molecule has 148 valence electrons. The third-order valence-corrected chi connectivity index (χ3v) is 5.52. The summed E-state index contributed by atoms with van der Waals surface area (Å²) in [4.78, 5) is 30.5. The Labute approximate surface area is 163 Å². The van der Waals surface area contributed by atoms with Gasteiger partial charge in [0.1, 0.15) is 22.9 Å². The first-order valence-electron chi connectivity index (χ1n) is 8.75. The quantitative estimate of drug-likeness (QED) is 0.843. The molecule has 1 N–H and O–H groups in total. The number of ether oxygens (including phenoxy) is 2. The Hall–Kier alpha value is -2.43. The van der Waals surface area contributed by atoms with Crippen molar-refractivity contribution in [3.63, 3.8) is 0 Å². The fourth-order valence-corrected chi connectivity index (χ4v) is 3.98. The van der Waals surface area contributed by atoms with E-state index in [9.17, 15) is 18.4 Å². The van der Waals surface area contributed by atoms with E-state index < -0.39 is 28.9 Å². The number of halogens is 2. The van der Waals surface area contributed by atoms with E-state index in [1.54, 1.807) is 4.90 Å². The lowest BCUT2D eigenvalue weighted by Crippen LogP contribution is -2.47. The Morgan fingerprint density at radius 3 is 2.43 bits per heavy atom. The van der Waals surface area contributed by atoms with Crippen molar-refractivity contribution in [1.29, 1.82) is 0 Å². The van der Waals surface area contributed by atoms with Gasteiger partial charge in [0.05, 0.1) is 13.2 Å². The lowest BCUT2D eigenvalue weighted by atomic mass is 10.0. The van der Waals surface area contributed by atoms with Crippen LogP contribution in [0.5, 0.6) is 0 Å². The lowest BCUT2D eigenvalue weighted by Gasteiger charge is -2.37. The molecule has 7 nitrogen and oxygen atoms in total. The highest BCUT2D eigenvalue weighted by molar-refractivity contribution is 7.14. The highest BCUT2D eigenvalue weighted by Crippen LogP contribution is 2.32. The Morgan fingerprint density at radius 1 is 1.14 bits per heavy atom. The monoisotopic (exact) mass is 409 g/mol. The predicted molar refractivity (Wildman–Crippen MR) is 96.2 cm³/mol. The van der Waals surface area contributed by atoms with Crippen molar-refractivity contribution in [2.45, 2.75) is 18.6 Å². The number of piperidine rings is 1. The molecule has 2 fully saturated rings. The standard InChI is InChI=1S/C18H17F2N3O4S/c19-11-2-1-3-12(20)14(11)15(24)22-17-21-13(10-28-17)16(25)23-6-4-18(5-7-23)26-8-9-27-18/h1-3,10H,4-9H2,(H,21,22,24). The largest absolute Gasteiger partial charge is 0.347 e. The summed E-state index contributed by atoms with van der Waals surface area (Å²) in [5.74, 6) is -3.75. The van der Waals surface area contributed by atoms with Gasteiger partial charge in [-0.3, -0.25) is 14.9 Å². The summed E-state index contributed by atoms with van der Waals surface area (Å²) in [5, 5.41) is 3.93. The fraction of sp³-hybridized carbons (Fsp3) is 0.389. The van der Waals surface area contributed by atoms with Crippen LogP contribution in [0.4, 0.5) is 13.9 Å². The molecule has 3 heterocycles. The van der Waals surface area contributed by atoms with Crippen LogP contribution >= 0.6 is 11.3 Å². The van der Waals surface area contributed by atoms with Gasteiger partial charge < -0.3 is 14.4 Å². The number of nitrogens with one attached hydrogen (secondary N) is 1. The number of thiazole rings is 1. The molecule has 0 radical (unpaired) electrons. The highest BCUT2D eigenvalue weighted by Gasteiger charge is 2.41. The summed E-state index contributed by atoms with van der Waals surface area (Å²) >= 11 is 1.01. The van der Waals surface area contributed by atoms with Gasteiger partial charge >= 0.3 is 0 Å². The van der Waals surface area contributed by atoms with Gasteiger partial charge in [0.2, 0.25) is 0 Å². The Balaban J connectivity index is 1.40. The minimum atomic E-state index is -0.969. The summed E-state index contributed by atoms with van der Waals surface area (Å²) < 4.78 is 38.7. The van der Waals surface area contributed by atoms with Crippen molar-refractivity contribution in [2.75, 3.05) is 31.6 Å². The molecule has 1 aromatic carbocycles. The number of anilines is 1. The highest BCUT2D eigenvalue weighted by atomic mass is 32.1. The molecular weight excluding hydrogens is 392 g/mol. The third-order valence-electron chi connectivity index (χ3n) is 4.76. The zero-order valence-corrected chi connectivity index (χ0v) is 15.6. The number of aromatic nitrogens is 1. The predicted octanol–water partition coefficient (Wildman–Crippen LogP) is 2.65. The van der Waals surface area contributed by atoms with Crippen LogP contribution in [0.1, 0.15) is 33.7 Å². The second kappa shape index (κ2) is 7.53. The number of carbonyl (C=O) groups excluding carboxylic acids is 2. The summed E-state index contributed by atoms with van der Waals surface area (Å²) in [6.07, 6.45) is 1.16. The molecule has 2 aromatic rings. The van der Waals surface area contributed by atoms with Crippen molar-refractivity contribution in [3.8, 4) is 0 Å². The summed E-state index contributed by atoms with van der Waals surface area (Å²) in [6, 6.07) is 3.16. The number of hydrogen-bond donors (Lipinski definition) is 1. The molecular formula is C18H17F2N3O4S. The van der Waals surface area contributed by atoms with E-state index in [1.807, 2.05) is 0 Å². The molecule has 2 amide bonds. The molecule has 2 aliphatic rings. The van der Waals surface area contributed by atoms with Crippen LogP contribution in [0.25, 0.3) is 0 Å². The minimum absolute atomic E-state index is 0.0898. The SMILES string of the molecule is O=C(Nc1nc(C(=O)N2CCC3(CC2)OCCO3)cs1)c1c(F)cccc1F. The number of likely N-dealkylation sites (tertiary alicyclic amines) is 1. The molecule has 0 atom stereocenters. The van der Waals surface area contributed by atoms with Crippen LogP contribution in [-0.2, 0) is 9.47 Å². The van der Waals surface area contributed by atoms with Gasteiger partial charge in [0.25, 0.3) is 11.8 Å². The van der Waals surface area contributed by atoms with Crippen LogP contribution in [0.15, 0.2) is 23.6 Å². The molecule has 28 heavy (non-hydrogen) atoms. The lowest BCUT2D eigenvalue weighted by molar-refractivity contribution is -0.181. The number of hydrogen-bond acceptors (Lipinski definition) is 6. The van der Waals surface area contributed by atoms with Crippen LogP contribution in [0, 0.1) is 11.6 Å². The normalized spacial score (nSPS) is 18.4. The van der Waals surface area contributed by atoms with E-state index in [0.717, 1.165) is 23.5 Å². The summed E-state index contributed by atoms with van der Waals surface area (Å²) in [7, 11) is 0. The minimum Gasteiger partial charge on any atom is -0.347 e. The second-order valence-electron chi connectivity index (χ2n) is 6.49. The number of benzene rings is 1. The average molecular weight is 409 g/mol. The van der Waals surface area contributed by atoms with Gasteiger partial charge in [0, 0.05) is 31.3 Å². The summed E-state index contributed by atoms with van der Waals surface area (Å²) in [6.45, 7) is 2.06. The van der Waals surface area contributed by atoms with Crippen molar-refractivity contribution in [2.24, 2.45) is 0 Å². The molecule has 1 aromatic heterocycles. The van der Waals surface area contributed by atoms with E-state index in [2.05, 4.69) is 10.3 Å². The Kier molecular flexibility index (Phi) is 5.09. The van der Waals surface area contributed by atoms with Gasteiger partial charge in [-0.05, 0) is 12.1 Å². The van der Waals surface area contributed by atoms with E-state index >= 15 is 0 Å². The molecule has 0 aliphatic carbocycles. The molecule has 10 heteroatoms. The molecule has 4 rings (SSSR count). The maximum absolute atomic E-state index is 13.7. The molecule has 2 aliphatic heterocycles. The van der Waals surface area contributed by atoms with Gasteiger partial charge in [0.15, 0.2) is 10.9 Å². The van der Waals surface area contributed by atoms with E-state index in [-0.39, 0.29) is 16.7 Å². The van der Waals surface area contributed by atoms with Crippen molar-refractivity contribution < 1.29 is 27.8 Å². The Bertz CT molecular complexity index is 884. The van der Waals surface area contributed by atoms with Crippen LogP contribution in [-0.4, -0.2) is 53.8 Å². The molecule has 0 unspecified atom stereocenters. The first-order valence-corrected chi connectivity index (χ1v) is 9.63. The number of amides is 2. The average Bonchev–Trinajstić information content (AvgIpc) is 3.32. The topological polar surface area (TPSA) is 80.8 Å². The Morgan fingerprint density at radius 2 is 1.79 bits per heavy atom. The van der Waals surface area contributed by atoms with Gasteiger partial charge in [-0.15, -0.1) is 11.3 Å². The zero-order chi connectivity index (χ0) is 19.7. The molecule has 2 saturated heterocycles. The maximum Gasteiger partial charge on any atom is 0.273 e. The first-order chi connectivity index (χ1) is 13.5. The maximum atomic E-state index is 13.7. The number of nitrogens with zero attached hydrogens (tertiary/aromatic N) is 2. The summed E-state index contributed by atoms with van der Waals surface area (Å²) in [5.41, 5.74) is -0.526. The number of carbonyl (C=O) groups is 2. The van der Waals surface area contributed by atoms with Crippen molar-refractivity contribution in [3.05, 3.63) is 46.5 Å². The van der Waals surface area contributed by atoms with E-state index in [4.69, 9.17) is 9.47 Å².